The van der Waals surface area contributed by atoms with E-state index in [4.69, 9.17) is 28.4 Å². The number of ether oxygens (including phenoxy) is 6. The number of cyclic esters (lactones) is 2. The number of carbonyl (C=O) groups excluding carboxylic acids is 4. The topological polar surface area (TPSA) is 124 Å². The van der Waals surface area contributed by atoms with Crippen molar-refractivity contribution < 1.29 is 47.6 Å². The summed E-state index contributed by atoms with van der Waals surface area (Å²) in [5.74, 6) is -2.11. The van der Waals surface area contributed by atoms with Gasteiger partial charge in [-0.05, 0) is 26.7 Å². The van der Waals surface area contributed by atoms with Crippen LogP contribution in [0.5, 0.6) is 0 Å². The van der Waals surface area contributed by atoms with Gasteiger partial charge in [-0.25, -0.2) is 19.2 Å². The first kappa shape index (κ1) is 21.3. The third-order valence-corrected chi connectivity index (χ3v) is 4.06. The molecule has 2 fully saturated rings. The predicted molar refractivity (Wildman–Crippen MR) is 90.8 cm³/mol. The lowest BCUT2D eigenvalue weighted by Gasteiger charge is -2.27. The summed E-state index contributed by atoms with van der Waals surface area (Å²) in [4.78, 5) is 47.3. The molecule has 0 aliphatic carbocycles. The van der Waals surface area contributed by atoms with Gasteiger partial charge in [-0.15, -0.1) is 0 Å². The van der Waals surface area contributed by atoms with Gasteiger partial charge >= 0.3 is 24.2 Å². The molecule has 2 heterocycles. The zero-order valence-electron chi connectivity index (χ0n) is 15.6. The first-order valence-corrected chi connectivity index (χ1v) is 8.57. The molecule has 4 atom stereocenters. The second-order valence-corrected chi connectivity index (χ2v) is 6.50. The second kappa shape index (κ2) is 9.25. The van der Waals surface area contributed by atoms with Crippen molar-refractivity contribution in [3.05, 3.63) is 24.3 Å². The van der Waals surface area contributed by atoms with Crippen LogP contribution in [0.3, 0.4) is 0 Å². The number of rotatable bonds is 4. The third-order valence-electron chi connectivity index (χ3n) is 4.06. The molecular formula is C18H22O10. The van der Waals surface area contributed by atoms with Crippen molar-refractivity contribution in [2.45, 2.75) is 45.2 Å². The van der Waals surface area contributed by atoms with Crippen molar-refractivity contribution in [2.24, 2.45) is 5.92 Å². The maximum Gasteiger partial charge on any atom is 0.511 e. The molecule has 2 aliphatic rings. The van der Waals surface area contributed by atoms with Crippen LogP contribution in [0.1, 0.15) is 26.7 Å². The lowest BCUT2D eigenvalue weighted by Crippen LogP contribution is -2.39. The second-order valence-electron chi connectivity index (χ2n) is 6.50. The highest BCUT2D eigenvalue weighted by Gasteiger charge is 2.43. The Hall–Kier alpha value is -3.04. The zero-order valence-corrected chi connectivity index (χ0v) is 15.6. The lowest BCUT2D eigenvalue weighted by atomic mass is 9.94. The van der Waals surface area contributed by atoms with Crippen molar-refractivity contribution in [1.82, 2.24) is 0 Å². The number of hydrogen-bond donors (Lipinski definition) is 0. The van der Waals surface area contributed by atoms with Crippen LogP contribution in [-0.2, 0) is 38.0 Å². The van der Waals surface area contributed by atoms with E-state index in [1.165, 1.54) is 13.8 Å². The summed E-state index contributed by atoms with van der Waals surface area (Å²) in [5.41, 5.74) is 0.329. The quantitative estimate of drug-likeness (QED) is 0.394. The normalized spacial score (nSPS) is 27.5. The molecule has 0 saturated carbocycles. The molecule has 0 N–H and O–H groups in total. The summed E-state index contributed by atoms with van der Waals surface area (Å²) < 4.78 is 30.4. The molecule has 0 aromatic rings. The molecule has 28 heavy (non-hydrogen) atoms. The largest absolute Gasteiger partial charge is 0.511 e. The number of esters is 2. The molecule has 2 aliphatic heterocycles. The third kappa shape index (κ3) is 5.73. The van der Waals surface area contributed by atoms with E-state index < -0.39 is 48.7 Å². The van der Waals surface area contributed by atoms with E-state index in [0.29, 0.717) is 0 Å². The fraction of sp³-hybridized carbons (Fsp3) is 0.556. The van der Waals surface area contributed by atoms with Crippen LogP contribution in [0.4, 0.5) is 9.59 Å². The van der Waals surface area contributed by atoms with E-state index in [2.05, 4.69) is 13.2 Å². The SMILES string of the molecule is C=C(C)C(=O)OC1CCC2C(OC(=O)C(=C)C)COC(=O)OC2OC(=O)OC1. The molecular weight excluding hydrogens is 376 g/mol. The Morgan fingerprint density at radius 2 is 1.43 bits per heavy atom. The highest BCUT2D eigenvalue weighted by molar-refractivity contribution is 5.87. The van der Waals surface area contributed by atoms with Crippen LogP contribution in [0, 0.1) is 5.92 Å². The monoisotopic (exact) mass is 398 g/mol. The van der Waals surface area contributed by atoms with Crippen molar-refractivity contribution in [3.8, 4) is 0 Å². The average molecular weight is 398 g/mol. The van der Waals surface area contributed by atoms with E-state index in [1.54, 1.807) is 0 Å². The van der Waals surface area contributed by atoms with Crippen LogP contribution in [0.25, 0.3) is 0 Å². The summed E-state index contributed by atoms with van der Waals surface area (Å²) in [6.45, 7) is 9.39. The molecule has 0 bridgehead atoms. The maximum absolute atomic E-state index is 11.9. The first-order valence-electron chi connectivity index (χ1n) is 8.57. The Balaban J connectivity index is 2.22. The van der Waals surface area contributed by atoms with Gasteiger partial charge in [0.05, 0.1) is 5.92 Å². The van der Waals surface area contributed by atoms with Crippen LogP contribution < -0.4 is 0 Å². The minimum atomic E-state index is -1.40. The van der Waals surface area contributed by atoms with Gasteiger partial charge in [-0.3, -0.25) is 0 Å². The zero-order chi connectivity index (χ0) is 20.8. The first-order chi connectivity index (χ1) is 13.2. The summed E-state index contributed by atoms with van der Waals surface area (Å²) >= 11 is 0. The molecule has 0 amide bonds. The molecule has 0 aromatic carbocycles. The molecule has 4 unspecified atom stereocenters. The summed E-state index contributed by atoms with van der Waals surface area (Å²) in [5, 5.41) is 0. The average Bonchev–Trinajstić information content (AvgIpc) is 2.70. The smallest absolute Gasteiger partial charge is 0.455 e. The van der Waals surface area contributed by atoms with Gasteiger partial charge in [-0.1, -0.05) is 13.2 Å². The van der Waals surface area contributed by atoms with E-state index >= 15 is 0 Å². The summed E-state index contributed by atoms with van der Waals surface area (Å²) in [7, 11) is 0. The lowest BCUT2D eigenvalue weighted by molar-refractivity contribution is -0.159. The highest BCUT2D eigenvalue weighted by atomic mass is 16.8. The van der Waals surface area contributed by atoms with Gasteiger partial charge in [0, 0.05) is 11.1 Å². The van der Waals surface area contributed by atoms with Crippen molar-refractivity contribution in [2.75, 3.05) is 13.2 Å². The van der Waals surface area contributed by atoms with E-state index in [-0.39, 0.29) is 37.2 Å². The van der Waals surface area contributed by atoms with E-state index in [9.17, 15) is 19.2 Å². The Bertz CT molecular complexity index is 682. The highest BCUT2D eigenvalue weighted by Crippen LogP contribution is 2.29. The van der Waals surface area contributed by atoms with Crippen molar-refractivity contribution >= 4 is 24.2 Å². The summed E-state index contributed by atoms with van der Waals surface area (Å²) in [6, 6.07) is 0. The van der Waals surface area contributed by atoms with Gasteiger partial charge in [0.2, 0.25) is 0 Å². The molecule has 0 spiro atoms. The van der Waals surface area contributed by atoms with Gasteiger partial charge in [0.15, 0.2) is 0 Å². The minimum absolute atomic E-state index is 0.143. The number of hydrogen-bond acceptors (Lipinski definition) is 10. The molecule has 2 rings (SSSR count). The molecule has 2 saturated heterocycles. The molecule has 154 valence electrons. The Labute approximate surface area is 161 Å². The predicted octanol–water partition coefficient (Wildman–Crippen LogP) is 2.02. The Kier molecular flexibility index (Phi) is 7.02. The summed E-state index contributed by atoms with van der Waals surface area (Å²) in [6.07, 6.45) is -4.94. The maximum atomic E-state index is 11.9. The fourth-order valence-electron chi connectivity index (χ4n) is 2.55. The van der Waals surface area contributed by atoms with Crippen LogP contribution >= 0.6 is 0 Å². The van der Waals surface area contributed by atoms with Crippen LogP contribution in [0.15, 0.2) is 24.3 Å². The number of fused-ring (bicyclic) bond motifs is 1. The van der Waals surface area contributed by atoms with Crippen molar-refractivity contribution in [3.63, 3.8) is 0 Å². The Morgan fingerprint density at radius 3 is 2.00 bits per heavy atom. The van der Waals surface area contributed by atoms with Gasteiger partial charge in [0.25, 0.3) is 6.29 Å². The van der Waals surface area contributed by atoms with Gasteiger partial charge in [-0.2, -0.15) is 0 Å². The molecule has 0 aromatic heterocycles. The van der Waals surface area contributed by atoms with E-state index in [1.807, 2.05) is 0 Å². The molecule has 10 nitrogen and oxygen atoms in total. The minimum Gasteiger partial charge on any atom is -0.455 e. The van der Waals surface area contributed by atoms with Gasteiger partial charge in [0.1, 0.15) is 25.4 Å². The number of carbonyl (C=O) groups is 4. The standard InChI is InChI=1S/C18H22O10/c1-9(2)14(19)25-11-5-6-12-13(26-15(20)10(3)4)8-24-18(22)28-16(12)27-17(21)23-7-11/h11-13,16H,1,3,5-8H2,2,4H3. The Morgan fingerprint density at radius 1 is 0.893 bits per heavy atom. The molecule has 0 radical (unpaired) electrons. The van der Waals surface area contributed by atoms with Crippen LogP contribution in [-0.4, -0.2) is 56.0 Å². The van der Waals surface area contributed by atoms with Crippen LogP contribution in [0.2, 0.25) is 0 Å². The molecule has 10 heteroatoms. The van der Waals surface area contributed by atoms with Crippen molar-refractivity contribution in [1.29, 1.82) is 0 Å². The van der Waals surface area contributed by atoms with E-state index in [0.717, 1.165) is 0 Å². The fourth-order valence-corrected chi connectivity index (χ4v) is 2.55. The van der Waals surface area contributed by atoms with Gasteiger partial charge < -0.3 is 28.4 Å².